The molecule has 9 heteroatoms. The van der Waals surface area contributed by atoms with Gasteiger partial charge in [0, 0.05) is 18.9 Å². The van der Waals surface area contributed by atoms with E-state index in [4.69, 9.17) is 0 Å². The summed E-state index contributed by atoms with van der Waals surface area (Å²) < 4.78 is 66.8. The fourth-order valence-corrected chi connectivity index (χ4v) is 3.54. The highest BCUT2D eigenvalue weighted by Gasteiger charge is 2.30. The minimum absolute atomic E-state index is 0.0147. The smallest absolute Gasteiger partial charge is 0.268 e. The topological polar surface area (TPSA) is 64.0 Å². The molecule has 2 aromatic carbocycles. The predicted molar refractivity (Wildman–Crippen MR) is 93.2 cm³/mol. The second-order valence-corrected chi connectivity index (χ2v) is 7.59. The fraction of sp³-hybridized carbons (Fsp3) is 0.167. The Morgan fingerprint density at radius 1 is 0.963 bits per heavy atom. The molecule has 0 spiro atoms. The molecule has 0 aliphatic heterocycles. The van der Waals surface area contributed by atoms with E-state index in [1.165, 1.54) is 0 Å². The number of nitrogens with one attached hydrogen (secondary N) is 1. The largest absolute Gasteiger partial charge is 0.416 e. The summed E-state index contributed by atoms with van der Waals surface area (Å²) in [6, 6.07) is 12.5. The van der Waals surface area contributed by atoms with E-state index in [0.717, 1.165) is 35.4 Å². The van der Waals surface area contributed by atoms with E-state index in [9.17, 15) is 21.6 Å². The summed E-state index contributed by atoms with van der Waals surface area (Å²) in [6.45, 7) is 0.492. The van der Waals surface area contributed by atoms with Gasteiger partial charge in [0.15, 0.2) is 0 Å². The van der Waals surface area contributed by atoms with E-state index in [1.54, 1.807) is 35.3 Å². The third-order valence-corrected chi connectivity index (χ3v) is 5.37. The molecule has 0 saturated heterocycles. The first-order valence-corrected chi connectivity index (χ1v) is 9.45. The van der Waals surface area contributed by atoms with Gasteiger partial charge in [0.2, 0.25) is 10.0 Å². The Bertz CT molecular complexity index is 999. The van der Waals surface area contributed by atoms with Crippen LogP contribution < -0.4 is 4.72 Å². The van der Waals surface area contributed by atoms with Crippen LogP contribution in [0.25, 0.3) is 0 Å². The molecule has 0 unspecified atom stereocenters. The maximum absolute atomic E-state index is 12.6. The van der Waals surface area contributed by atoms with Gasteiger partial charge in [-0.2, -0.15) is 18.3 Å². The molecule has 27 heavy (non-hydrogen) atoms. The molecular formula is C18H16F3N3O2S. The highest BCUT2D eigenvalue weighted by Crippen LogP contribution is 2.29. The third kappa shape index (κ3) is 4.75. The van der Waals surface area contributed by atoms with E-state index >= 15 is 0 Å². The SMILES string of the molecule is O=S(=O)(NCc1ccccc1Cn1cccn1)c1ccc(C(F)(F)F)cc1. The maximum atomic E-state index is 12.6. The van der Waals surface area contributed by atoms with E-state index < -0.39 is 21.8 Å². The van der Waals surface area contributed by atoms with Crippen molar-refractivity contribution < 1.29 is 21.6 Å². The van der Waals surface area contributed by atoms with Gasteiger partial charge in [0.05, 0.1) is 17.0 Å². The monoisotopic (exact) mass is 395 g/mol. The molecule has 3 aromatic rings. The fourth-order valence-electron chi connectivity index (χ4n) is 2.53. The molecule has 0 fully saturated rings. The summed E-state index contributed by atoms with van der Waals surface area (Å²) in [5.41, 5.74) is 0.742. The molecule has 5 nitrogen and oxygen atoms in total. The Balaban J connectivity index is 1.74. The minimum Gasteiger partial charge on any atom is -0.268 e. The van der Waals surface area contributed by atoms with Gasteiger partial charge < -0.3 is 0 Å². The molecule has 0 atom stereocenters. The highest BCUT2D eigenvalue weighted by atomic mass is 32.2. The van der Waals surface area contributed by atoms with Crippen molar-refractivity contribution in [2.24, 2.45) is 0 Å². The highest BCUT2D eigenvalue weighted by molar-refractivity contribution is 7.89. The van der Waals surface area contributed by atoms with Crippen LogP contribution in [-0.2, 0) is 29.3 Å². The van der Waals surface area contributed by atoms with Crippen molar-refractivity contribution in [2.45, 2.75) is 24.2 Å². The Morgan fingerprint density at radius 2 is 1.63 bits per heavy atom. The van der Waals surface area contributed by atoms with Crippen molar-refractivity contribution in [3.63, 3.8) is 0 Å². The lowest BCUT2D eigenvalue weighted by Gasteiger charge is -2.12. The van der Waals surface area contributed by atoms with Crippen LogP contribution in [-0.4, -0.2) is 18.2 Å². The number of rotatable bonds is 6. The molecule has 0 amide bonds. The molecular weight excluding hydrogens is 379 g/mol. The molecule has 1 aromatic heterocycles. The average Bonchev–Trinajstić information content (AvgIpc) is 3.13. The van der Waals surface area contributed by atoms with Gasteiger partial charge in [-0.1, -0.05) is 24.3 Å². The predicted octanol–water partition coefficient (Wildman–Crippen LogP) is 3.43. The standard InChI is InChI=1S/C18H16F3N3O2S/c19-18(20,21)16-6-8-17(9-7-16)27(25,26)23-12-14-4-1-2-5-15(14)13-24-11-3-10-22-24/h1-11,23H,12-13H2. The molecule has 142 valence electrons. The first-order chi connectivity index (χ1) is 12.8. The first-order valence-electron chi connectivity index (χ1n) is 7.97. The van der Waals surface area contributed by atoms with Gasteiger partial charge in [-0.15, -0.1) is 0 Å². The summed E-state index contributed by atoms with van der Waals surface area (Å²) in [5.74, 6) is 0. The van der Waals surface area contributed by atoms with Gasteiger partial charge in [0.25, 0.3) is 0 Å². The summed E-state index contributed by atoms with van der Waals surface area (Å²) in [7, 11) is -3.94. The van der Waals surface area contributed by atoms with Crippen LogP contribution in [0.3, 0.4) is 0 Å². The summed E-state index contributed by atoms with van der Waals surface area (Å²) in [6.07, 6.45) is -1.07. The number of aromatic nitrogens is 2. The van der Waals surface area contributed by atoms with E-state index in [1.807, 2.05) is 12.1 Å². The first kappa shape index (κ1) is 19.1. The maximum Gasteiger partial charge on any atom is 0.416 e. The number of halogens is 3. The van der Waals surface area contributed by atoms with Gasteiger partial charge in [-0.25, -0.2) is 13.1 Å². The number of sulfonamides is 1. The minimum atomic E-state index is -4.51. The molecule has 0 aliphatic rings. The molecule has 3 rings (SSSR count). The van der Waals surface area contributed by atoms with Gasteiger partial charge in [0.1, 0.15) is 0 Å². The third-order valence-electron chi connectivity index (χ3n) is 3.95. The number of alkyl halides is 3. The van der Waals surface area contributed by atoms with Crippen LogP contribution in [0, 0.1) is 0 Å². The Morgan fingerprint density at radius 3 is 2.22 bits per heavy atom. The number of benzene rings is 2. The van der Waals surface area contributed by atoms with Crippen LogP contribution >= 0.6 is 0 Å². The zero-order valence-corrected chi connectivity index (χ0v) is 14.8. The second kappa shape index (κ2) is 7.53. The second-order valence-electron chi connectivity index (χ2n) is 5.82. The van der Waals surface area contributed by atoms with E-state index in [-0.39, 0.29) is 11.4 Å². The number of hydrogen-bond donors (Lipinski definition) is 1. The quantitative estimate of drug-likeness (QED) is 0.696. The molecule has 0 aliphatic carbocycles. The van der Waals surface area contributed by atoms with Crippen molar-refractivity contribution in [1.82, 2.24) is 14.5 Å². The molecule has 1 heterocycles. The molecule has 0 bridgehead atoms. The lowest BCUT2D eigenvalue weighted by atomic mass is 10.1. The van der Waals surface area contributed by atoms with Crippen LogP contribution in [0.1, 0.15) is 16.7 Å². The van der Waals surface area contributed by atoms with Crippen molar-refractivity contribution in [3.8, 4) is 0 Å². The van der Waals surface area contributed by atoms with E-state index in [0.29, 0.717) is 6.54 Å². The van der Waals surface area contributed by atoms with Crippen molar-refractivity contribution in [2.75, 3.05) is 0 Å². The average molecular weight is 395 g/mol. The Labute approximate surface area is 154 Å². The normalized spacial score (nSPS) is 12.3. The number of nitrogens with zero attached hydrogens (tertiary/aromatic N) is 2. The molecule has 0 saturated carbocycles. The lowest BCUT2D eigenvalue weighted by molar-refractivity contribution is -0.137. The Hall–Kier alpha value is -2.65. The Kier molecular flexibility index (Phi) is 5.33. The zero-order chi connectivity index (χ0) is 19.5. The zero-order valence-electron chi connectivity index (χ0n) is 14.0. The number of hydrogen-bond acceptors (Lipinski definition) is 3. The summed E-state index contributed by atoms with van der Waals surface area (Å²) >= 11 is 0. The summed E-state index contributed by atoms with van der Waals surface area (Å²) in [4.78, 5) is -0.222. The van der Waals surface area contributed by atoms with Gasteiger partial charge in [-0.05, 0) is 41.5 Å². The van der Waals surface area contributed by atoms with E-state index in [2.05, 4.69) is 9.82 Å². The van der Waals surface area contributed by atoms with Crippen LogP contribution in [0.5, 0.6) is 0 Å². The van der Waals surface area contributed by atoms with Crippen LogP contribution in [0.15, 0.2) is 71.9 Å². The van der Waals surface area contributed by atoms with Crippen molar-refractivity contribution in [3.05, 3.63) is 83.7 Å². The van der Waals surface area contributed by atoms with Gasteiger partial charge >= 0.3 is 6.18 Å². The lowest BCUT2D eigenvalue weighted by Crippen LogP contribution is -2.24. The van der Waals surface area contributed by atoms with Crippen LogP contribution in [0.4, 0.5) is 13.2 Å². The van der Waals surface area contributed by atoms with Crippen molar-refractivity contribution >= 4 is 10.0 Å². The van der Waals surface area contributed by atoms with Crippen molar-refractivity contribution in [1.29, 1.82) is 0 Å². The van der Waals surface area contributed by atoms with Crippen LogP contribution in [0.2, 0.25) is 0 Å². The molecule has 0 radical (unpaired) electrons. The molecule has 1 N–H and O–H groups in total. The van der Waals surface area contributed by atoms with Gasteiger partial charge in [-0.3, -0.25) is 4.68 Å². The summed E-state index contributed by atoms with van der Waals surface area (Å²) in [5, 5.41) is 4.12.